The monoisotopic (exact) mass is 253 g/mol. The molecular weight excluding hydrogens is 230 g/mol. The summed E-state index contributed by atoms with van der Waals surface area (Å²) in [5.41, 5.74) is 1.99. The Bertz CT molecular complexity index is 366. The topological polar surface area (TPSA) is 41.9 Å². The third kappa shape index (κ3) is 4.29. The van der Waals surface area contributed by atoms with Crippen LogP contribution >= 0.6 is 0 Å². The maximum atomic E-state index is 9.61. The minimum Gasteiger partial charge on any atom is -0.496 e. The van der Waals surface area contributed by atoms with Gasteiger partial charge in [0.15, 0.2) is 0 Å². The van der Waals surface area contributed by atoms with Crippen LogP contribution in [0.3, 0.4) is 0 Å². The predicted molar refractivity (Wildman–Crippen MR) is 71.8 cm³/mol. The van der Waals surface area contributed by atoms with Gasteiger partial charge in [0.25, 0.3) is 0 Å². The van der Waals surface area contributed by atoms with E-state index in [1.165, 1.54) is 0 Å². The first-order valence-electron chi connectivity index (χ1n) is 6.10. The maximum absolute atomic E-state index is 9.61. The van der Waals surface area contributed by atoms with Crippen LogP contribution in [0.25, 0.3) is 0 Å². The highest BCUT2D eigenvalue weighted by Gasteiger charge is 2.09. The molecule has 0 saturated heterocycles. The summed E-state index contributed by atoms with van der Waals surface area (Å²) in [6, 6.07) is 5.79. The third-order valence-corrected chi connectivity index (χ3v) is 2.90. The highest BCUT2D eigenvalue weighted by Crippen LogP contribution is 2.24. The van der Waals surface area contributed by atoms with E-state index < -0.39 is 6.10 Å². The molecule has 0 heterocycles. The average molecular weight is 253 g/mol. The number of aliphatic hydroxyl groups is 1. The Kier molecular flexibility index (Phi) is 6.12. The molecule has 0 aliphatic heterocycles. The van der Waals surface area contributed by atoms with Gasteiger partial charge in [0.05, 0.1) is 19.8 Å². The Labute approximate surface area is 109 Å². The molecule has 0 spiro atoms. The summed E-state index contributed by atoms with van der Waals surface area (Å²) in [4.78, 5) is 2.16. The molecule has 0 amide bonds. The zero-order chi connectivity index (χ0) is 13.5. The van der Waals surface area contributed by atoms with E-state index in [2.05, 4.69) is 4.90 Å². The van der Waals surface area contributed by atoms with E-state index in [0.717, 1.165) is 30.0 Å². The molecule has 1 N–H and O–H groups in total. The molecule has 0 fully saturated rings. The quantitative estimate of drug-likeness (QED) is 0.805. The molecule has 1 aromatic rings. The summed E-state index contributed by atoms with van der Waals surface area (Å²) < 4.78 is 10.4. The van der Waals surface area contributed by atoms with Crippen LogP contribution in [0, 0.1) is 0 Å². The number of hydrogen-bond acceptors (Lipinski definition) is 4. The fraction of sp³-hybridized carbons (Fsp3) is 0.571. The van der Waals surface area contributed by atoms with Crippen molar-refractivity contribution in [2.24, 2.45) is 0 Å². The van der Waals surface area contributed by atoms with Crippen molar-refractivity contribution in [3.05, 3.63) is 29.3 Å². The Morgan fingerprint density at radius 2 is 2.06 bits per heavy atom. The molecule has 4 heteroatoms. The zero-order valence-corrected chi connectivity index (χ0v) is 11.6. The Morgan fingerprint density at radius 3 is 2.61 bits per heavy atom. The van der Waals surface area contributed by atoms with Crippen LogP contribution in [0.5, 0.6) is 5.75 Å². The van der Waals surface area contributed by atoms with Gasteiger partial charge in [-0.05, 0) is 31.7 Å². The van der Waals surface area contributed by atoms with Crippen molar-refractivity contribution in [3.8, 4) is 5.75 Å². The third-order valence-electron chi connectivity index (χ3n) is 2.90. The molecule has 0 aliphatic carbocycles. The van der Waals surface area contributed by atoms with E-state index >= 15 is 0 Å². The van der Waals surface area contributed by atoms with E-state index in [1.807, 2.05) is 25.2 Å². The van der Waals surface area contributed by atoms with Crippen molar-refractivity contribution < 1.29 is 14.6 Å². The van der Waals surface area contributed by atoms with Crippen molar-refractivity contribution >= 4 is 0 Å². The van der Waals surface area contributed by atoms with Gasteiger partial charge in [0.1, 0.15) is 5.75 Å². The van der Waals surface area contributed by atoms with Gasteiger partial charge in [-0.1, -0.05) is 6.07 Å². The van der Waals surface area contributed by atoms with Crippen LogP contribution in [0.15, 0.2) is 18.2 Å². The summed E-state index contributed by atoms with van der Waals surface area (Å²) in [5.74, 6) is 0.851. The first-order chi connectivity index (χ1) is 8.58. The van der Waals surface area contributed by atoms with Gasteiger partial charge in [0, 0.05) is 25.8 Å². The minimum absolute atomic E-state index is 0.459. The van der Waals surface area contributed by atoms with Crippen LogP contribution in [0.2, 0.25) is 0 Å². The number of likely N-dealkylation sites (N-methyl/N-ethyl adjacent to an activating group) is 1. The summed E-state index contributed by atoms with van der Waals surface area (Å²) in [5, 5.41) is 9.61. The van der Waals surface area contributed by atoms with Crippen molar-refractivity contribution in [1.82, 2.24) is 4.90 Å². The maximum Gasteiger partial charge on any atom is 0.123 e. The average Bonchev–Trinajstić information content (AvgIpc) is 2.36. The molecule has 1 aromatic carbocycles. The predicted octanol–water partition coefficient (Wildman–Crippen LogP) is 1.83. The summed E-state index contributed by atoms with van der Waals surface area (Å²) in [6.07, 6.45) is -0.459. The molecule has 0 bridgehead atoms. The summed E-state index contributed by atoms with van der Waals surface area (Å²) in [6.45, 7) is 4.10. The fourth-order valence-electron chi connectivity index (χ4n) is 1.80. The van der Waals surface area contributed by atoms with Crippen LogP contribution in [0.1, 0.15) is 24.2 Å². The molecule has 4 nitrogen and oxygen atoms in total. The lowest BCUT2D eigenvalue weighted by molar-refractivity contribution is 0.158. The van der Waals surface area contributed by atoms with Gasteiger partial charge in [-0.15, -0.1) is 0 Å². The number of ether oxygens (including phenoxy) is 2. The van der Waals surface area contributed by atoms with Crippen LogP contribution in [0.4, 0.5) is 0 Å². The number of nitrogens with zero attached hydrogens (tertiary/aromatic N) is 1. The van der Waals surface area contributed by atoms with Gasteiger partial charge in [-0.3, -0.25) is 4.90 Å². The van der Waals surface area contributed by atoms with Gasteiger partial charge in [0.2, 0.25) is 0 Å². The minimum atomic E-state index is -0.459. The Morgan fingerprint density at radius 1 is 1.33 bits per heavy atom. The molecule has 1 unspecified atom stereocenters. The highest BCUT2D eigenvalue weighted by atomic mass is 16.5. The lowest BCUT2D eigenvalue weighted by Gasteiger charge is -2.19. The van der Waals surface area contributed by atoms with Gasteiger partial charge in [-0.2, -0.15) is 0 Å². The van der Waals surface area contributed by atoms with Crippen molar-refractivity contribution in [1.29, 1.82) is 0 Å². The fourth-order valence-corrected chi connectivity index (χ4v) is 1.80. The molecule has 1 atom stereocenters. The van der Waals surface area contributed by atoms with Gasteiger partial charge < -0.3 is 14.6 Å². The highest BCUT2D eigenvalue weighted by molar-refractivity contribution is 5.38. The smallest absolute Gasteiger partial charge is 0.123 e. The second-order valence-corrected chi connectivity index (χ2v) is 4.48. The normalized spacial score (nSPS) is 12.8. The van der Waals surface area contributed by atoms with Gasteiger partial charge >= 0.3 is 0 Å². The SMILES string of the molecule is COCCN(C)Cc1cc(C(C)O)ccc1OC. The number of hydrogen-bond donors (Lipinski definition) is 1. The summed E-state index contributed by atoms with van der Waals surface area (Å²) in [7, 11) is 5.39. The summed E-state index contributed by atoms with van der Waals surface area (Å²) >= 11 is 0. The van der Waals surface area contributed by atoms with Crippen molar-refractivity contribution in [3.63, 3.8) is 0 Å². The second-order valence-electron chi connectivity index (χ2n) is 4.48. The Hall–Kier alpha value is -1.10. The largest absolute Gasteiger partial charge is 0.496 e. The van der Waals surface area contributed by atoms with Gasteiger partial charge in [-0.25, -0.2) is 0 Å². The Balaban J connectivity index is 2.80. The lowest BCUT2D eigenvalue weighted by Crippen LogP contribution is -2.22. The molecule has 102 valence electrons. The van der Waals surface area contributed by atoms with E-state index in [9.17, 15) is 5.11 Å². The van der Waals surface area contributed by atoms with E-state index in [0.29, 0.717) is 6.61 Å². The first kappa shape index (κ1) is 15.0. The van der Waals surface area contributed by atoms with Crippen LogP contribution < -0.4 is 4.74 Å². The van der Waals surface area contributed by atoms with Crippen LogP contribution in [-0.2, 0) is 11.3 Å². The standard InChI is InChI=1S/C14H23NO3/c1-11(16)12-5-6-14(18-4)13(9-12)10-15(2)7-8-17-3/h5-6,9,11,16H,7-8,10H2,1-4H3. The molecule has 0 saturated carbocycles. The molecular formula is C14H23NO3. The van der Waals surface area contributed by atoms with E-state index in [1.54, 1.807) is 21.1 Å². The molecule has 18 heavy (non-hydrogen) atoms. The first-order valence-corrected chi connectivity index (χ1v) is 6.10. The van der Waals surface area contributed by atoms with Crippen LogP contribution in [-0.4, -0.2) is 44.4 Å². The lowest BCUT2D eigenvalue weighted by atomic mass is 10.1. The number of methoxy groups -OCH3 is 2. The molecule has 1 rings (SSSR count). The molecule has 0 aliphatic rings. The molecule has 0 aromatic heterocycles. The van der Waals surface area contributed by atoms with Crippen molar-refractivity contribution in [2.75, 3.05) is 34.4 Å². The molecule has 0 radical (unpaired) electrons. The van der Waals surface area contributed by atoms with E-state index in [-0.39, 0.29) is 0 Å². The van der Waals surface area contributed by atoms with Crippen molar-refractivity contribution in [2.45, 2.75) is 19.6 Å². The number of rotatable bonds is 7. The van der Waals surface area contributed by atoms with E-state index in [4.69, 9.17) is 9.47 Å². The second kappa shape index (κ2) is 7.36. The number of benzene rings is 1. The zero-order valence-electron chi connectivity index (χ0n) is 11.6. The number of aliphatic hydroxyl groups excluding tert-OH is 1.